The summed E-state index contributed by atoms with van der Waals surface area (Å²) in [5.41, 5.74) is 0.519. The van der Waals surface area contributed by atoms with Gasteiger partial charge in [0.1, 0.15) is 24.8 Å². The highest BCUT2D eigenvalue weighted by Crippen LogP contribution is 2.38. The van der Waals surface area contributed by atoms with Crippen LogP contribution in [0.15, 0.2) is 30.3 Å². The van der Waals surface area contributed by atoms with Crippen molar-refractivity contribution in [1.29, 1.82) is 0 Å². The van der Waals surface area contributed by atoms with E-state index < -0.39 is 11.6 Å². The summed E-state index contributed by atoms with van der Waals surface area (Å²) >= 11 is 6.12. The SMILES string of the molecule is CN(Cc1ccc(F)cc1F)C(=O)c1cc(Cl)c2c(c1)OCCO2. The summed E-state index contributed by atoms with van der Waals surface area (Å²) in [5.74, 6) is -0.915. The van der Waals surface area contributed by atoms with Gasteiger partial charge in [-0.3, -0.25) is 4.79 Å². The van der Waals surface area contributed by atoms with E-state index in [-0.39, 0.29) is 23.0 Å². The summed E-state index contributed by atoms with van der Waals surface area (Å²) < 4.78 is 37.5. The molecule has 0 atom stereocenters. The number of nitrogens with zero attached hydrogens (tertiary/aromatic N) is 1. The molecule has 0 saturated heterocycles. The van der Waals surface area contributed by atoms with Crippen LogP contribution < -0.4 is 9.47 Å². The van der Waals surface area contributed by atoms with E-state index in [1.54, 1.807) is 6.07 Å². The minimum Gasteiger partial charge on any atom is -0.486 e. The van der Waals surface area contributed by atoms with Crippen molar-refractivity contribution in [3.8, 4) is 11.5 Å². The predicted octanol–water partition coefficient (Wildman–Crippen LogP) is 3.66. The minimum atomic E-state index is -0.699. The molecule has 0 N–H and O–H groups in total. The molecule has 24 heavy (non-hydrogen) atoms. The maximum Gasteiger partial charge on any atom is 0.254 e. The van der Waals surface area contributed by atoms with Gasteiger partial charge in [0, 0.05) is 30.8 Å². The number of carbonyl (C=O) groups is 1. The monoisotopic (exact) mass is 353 g/mol. The molecule has 0 radical (unpaired) electrons. The van der Waals surface area contributed by atoms with Crippen molar-refractivity contribution in [2.45, 2.75) is 6.54 Å². The Bertz CT molecular complexity index is 798. The van der Waals surface area contributed by atoms with Gasteiger partial charge in [-0.05, 0) is 18.2 Å². The number of rotatable bonds is 3. The van der Waals surface area contributed by atoms with E-state index in [2.05, 4.69) is 0 Å². The molecule has 1 aliphatic rings. The lowest BCUT2D eigenvalue weighted by Crippen LogP contribution is -2.27. The third-order valence-corrected chi connectivity index (χ3v) is 3.89. The molecule has 0 saturated carbocycles. The molecule has 7 heteroatoms. The molecule has 126 valence electrons. The second kappa shape index (κ2) is 6.65. The molecule has 2 aromatic rings. The van der Waals surface area contributed by atoms with Gasteiger partial charge in [-0.1, -0.05) is 17.7 Å². The second-order valence-corrected chi connectivity index (χ2v) is 5.79. The van der Waals surface area contributed by atoms with Crippen molar-refractivity contribution < 1.29 is 23.0 Å². The molecule has 0 fully saturated rings. The van der Waals surface area contributed by atoms with Gasteiger partial charge >= 0.3 is 0 Å². The van der Waals surface area contributed by atoms with Crippen molar-refractivity contribution in [3.05, 3.63) is 58.1 Å². The van der Waals surface area contributed by atoms with Crippen LogP contribution in [0.25, 0.3) is 0 Å². The Morgan fingerprint density at radius 3 is 2.71 bits per heavy atom. The molecule has 3 rings (SSSR count). The molecule has 0 aliphatic carbocycles. The van der Waals surface area contributed by atoms with Gasteiger partial charge in [0.15, 0.2) is 11.5 Å². The fraction of sp³-hybridized carbons (Fsp3) is 0.235. The summed E-state index contributed by atoms with van der Waals surface area (Å²) in [5, 5.41) is 0.275. The average molecular weight is 354 g/mol. The first-order valence-electron chi connectivity index (χ1n) is 7.24. The van der Waals surface area contributed by atoms with Crippen molar-refractivity contribution in [2.75, 3.05) is 20.3 Å². The summed E-state index contributed by atoms with van der Waals surface area (Å²) in [6, 6.07) is 6.27. The van der Waals surface area contributed by atoms with Gasteiger partial charge in [-0.25, -0.2) is 8.78 Å². The van der Waals surface area contributed by atoms with Gasteiger partial charge in [-0.2, -0.15) is 0 Å². The predicted molar refractivity (Wildman–Crippen MR) is 84.6 cm³/mol. The molecule has 2 aromatic carbocycles. The van der Waals surface area contributed by atoms with Crippen molar-refractivity contribution >= 4 is 17.5 Å². The molecular formula is C17H14ClF2NO3. The lowest BCUT2D eigenvalue weighted by Gasteiger charge is -2.22. The van der Waals surface area contributed by atoms with E-state index in [1.807, 2.05) is 0 Å². The van der Waals surface area contributed by atoms with Crippen LogP contribution in [0, 0.1) is 11.6 Å². The van der Waals surface area contributed by atoms with Crippen LogP contribution in [-0.2, 0) is 6.54 Å². The van der Waals surface area contributed by atoms with Crippen LogP contribution in [0.2, 0.25) is 5.02 Å². The van der Waals surface area contributed by atoms with E-state index in [1.165, 1.54) is 24.1 Å². The number of amides is 1. The van der Waals surface area contributed by atoms with E-state index in [4.69, 9.17) is 21.1 Å². The summed E-state index contributed by atoms with van der Waals surface area (Å²) in [6.07, 6.45) is 0. The number of halogens is 3. The molecule has 0 unspecified atom stereocenters. The van der Waals surface area contributed by atoms with E-state index in [0.29, 0.717) is 30.3 Å². The second-order valence-electron chi connectivity index (χ2n) is 5.38. The van der Waals surface area contributed by atoms with Crippen LogP contribution in [-0.4, -0.2) is 31.1 Å². The molecule has 1 amide bonds. The van der Waals surface area contributed by atoms with Crippen LogP contribution in [0.4, 0.5) is 8.78 Å². The summed E-state index contributed by atoms with van der Waals surface area (Å²) in [4.78, 5) is 13.9. The maximum absolute atomic E-state index is 13.7. The van der Waals surface area contributed by atoms with Crippen molar-refractivity contribution in [2.24, 2.45) is 0 Å². The maximum atomic E-state index is 13.7. The largest absolute Gasteiger partial charge is 0.486 e. The number of hydrogen-bond donors (Lipinski definition) is 0. The van der Waals surface area contributed by atoms with Gasteiger partial charge in [0.05, 0.1) is 5.02 Å². The smallest absolute Gasteiger partial charge is 0.254 e. The fourth-order valence-electron chi connectivity index (χ4n) is 2.43. The molecule has 4 nitrogen and oxygen atoms in total. The summed E-state index contributed by atoms with van der Waals surface area (Å²) in [6.45, 7) is 0.762. The number of ether oxygens (including phenoxy) is 2. The number of carbonyl (C=O) groups excluding carboxylic acids is 1. The van der Waals surface area contributed by atoms with Gasteiger partial charge in [0.25, 0.3) is 5.91 Å². The molecular weight excluding hydrogens is 340 g/mol. The Labute approximate surface area is 142 Å². The molecule has 0 aromatic heterocycles. The van der Waals surface area contributed by atoms with Crippen LogP contribution >= 0.6 is 11.6 Å². The Morgan fingerprint density at radius 2 is 1.96 bits per heavy atom. The van der Waals surface area contributed by atoms with E-state index >= 15 is 0 Å². The molecule has 1 heterocycles. The van der Waals surface area contributed by atoms with Crippen LogP contribution in [0.3, 0.4) is 0 Å². The standard InChI is InChI=1S/C17H14ClF2NO3/c1-21(9-10-2-3-12(19)8-14(10)20)17(22)11-6-13(18)16-15(7-11)23-4-5-24-16/h2-3,6-8H,4-5,9H2,1H3. The minimum absolute atomic E-state index is 0.00297. The average Bonchev–Trinajstić information content (AvgIpc) is 2.56. The van der Waals surface area contributed by atoms with Crippen molar-refractivity contribution in [1.82, 2.24) is 4.90 Å². The third-order valence-electron chi connectivity index (χ3n) is 3.61. The Kier molecular flexibility index (Phi) is 4.57. The highest BCUT2D eigenvalue weighted by Gasteiger charge is 2.21. The van der Waals surface area contributed by atoms with E-state index in [9.17, 15) is 13.6 Å². The molecule has 0 bridgehead atoms. The Morgan fingerprint density at radius 1 is 1.21 bits per heavy atom. The fourth-order valence-corrected chi connectivity index (χ4v) is 2.70. The topological polar surface area (TPSA) is 38.8 Å². The summed E-state index contributed by atoms with van der Waals surface area (Å²) in [7, 11) is 1.52. The lowest BCUT2D eigenvalue weighted by atomic mass is 10.1. The highest BCUT2D eigenvalue weighted by molar-refractivity contribution is 6.32. The van der Waals surface area contributed by atoms with Crippen LogP contribution in [0.1, 0.15) is 15.9 Å². The zero-order valence-corrected chi connectivity index (χ0v) is 13.6. The van der Waals surface area contributed by atoms with Crippen LogP contribution in [0.5, 0.6) is 11.5 Å². The Hall–Kier alpha value is -2.34. The first-order valence-corrected chi connectivity index (χ1v) is 7.62. The first-order chi connectivity index (χ1) is 11.5. The number of fused-ring (bicyclic) bond motifs is 1. The first kappa shape index (κ1) is 16.5. The zero-order chi connectivity index (χ0) is 17.3. The molecule has 0 spiro atoms. The van der Waals surface area contributed by atoms with E-state index in [0.717, 1.165) is 12.1 Å². The zero-order valence-electron chi connectivity index (χ0n) is 12.8. The van der Waals surface area contributed by atoms with Gasteiger partial charge < -0.3 is 14.4 Å². The Balaban J connectivity index is 1.82. The number of benzene rings is 2. The molecule has 1 aliphatic heterocycles. The normalized spacial score (nSPS) is 12.8. The third kappa shape index (κ3) is 3.28. The van der Waals surface area contributed by atoms with Crippen molar-refractivity contribution in [3.63, 3.8) is 0 Å². The van der Waals surface area contributed by atoms with Gasteiger partial charge in [0.2, 0.25) is 0 Å². The lowest BCUT2D eigenvalue weighted by molar-refractivity contribution is 0.0782. The van der Waals surface area contributed by atoms with Gasteiger partial charge in [-0.15, -0.1) is 0 Å². The highest BCUT2D eigenvalue weighted by atomic mass is 35.5. The quantitative estimate of drug-likeness (QED) is 0.845. The number of hydrogen-bond acceptors (Lipinski definition) is 3.